The molecule has 5 rings (SSSR count). The second-order valence-corrected chi connectivity index (χ2v) is 9.49. The molecule has 0 radical (unpaired) electrons. The molecule has 0 bridgehead atoms. The van der Waals surface area contributed by atoms with Crippen LogP contribution in [0.4, 0.5) is 4.39 Å². The zero-order valence-corrected chi connectivity index (χ0v) is 16.3. The first kappa shape index (κ1) is 17.8. The van der Waals surface area contributed by atoms with E-state index < -0.39 is 0 Å². The summed E-state index contributed by atoms with van der Waals surface area (Å²) in [7, 11) is 0. The van der Waals surface area contributed by atoms with Gasteiger partial charge in [0.25, 0.3) is 0 Å². The fourth-order valence-corrected chi connectivity index (χ4v) is 6.62. The molecule has 2 aliphatic heterocycles. The first-order valence-electron chi connectivity index (χ1n) is 10.7. The average Bonchev–Trinajstić information content (AvgIpc) is 3.21. The van der Waals surface area contributed by atoms with Gasteiger partial charge in [0, 0.05) is 31.0 Å². The maximum atomic E-state index is 13.5. The van der Waals surface area contributed by atoms with Gasteiger partial charge >= 0.3 is 0 Å². The molecule has 27 heavy (non-hydrogen) atoms. The number of hydrogen-bond donors (Lipinski definition) is 0. The summed E-state index contributed by atoms with van der Waals surface area (Å²) >= 11 is 0. The lowest BCUT2D eigenvalue weighted by atomic mass is 9.77. The van der Waals surface area contributed by atoms with Crippen molar-refractivity contribution in [1.82, 2.24) is 4.90 Å². The van der Waals surface area contributed by atoms with Crippen LogP contribution in [0.25, 0.3) is 0 Å². The minimum Gasteiger partial charge on any atom is -0.370 e. The van der Waals surface area contributed by atoms with E-state index in [1.807, 2.05) is 13.0 Å². The van der Waals surface area contributed by atoms with Crippen molar-refractivity contribution < 1.29 is 13.9 Å². The van der Waals surface area contributed by atoms with Crippen LogP contribution in [-0.4, -0.2) is 35.4 Å². The molecular formula is C23H30FNO2. The molecule has 3 nitrogen and oxygen atoms in total. The van der Waals surface area contributed by atoms with Gasteiger partial charge in [0.2, 0.25) is 0 Å². The van der Waals surface area contributed by atoms with E-state index in [1.54, 1.807) is 12.1 Å². The highest BCUT2D eigenvalue weighted by Crippen LogP contribution is 2.56. The molecule has 0 amide bonds. The zero-order valence-electron chi connectivity index (χ0n) is 16.3. The third kappa shape index (κ3) is 2.87. The van der Waals surface area contributed by atoms with Crippen LogP contribution in [0.2, 0.25) is 0 Å². The Morgan fingerprint density at radius 1 is 1.22 bits per heavy atom. The molecule has 3 atom stereocenters. The number of Topliss-reactive ketones (excluding diaryl/α,β-unsaturated/α-hetero) is 1. The Hall–Kier alpha value is -1.26. The summed E-state index contributed by atoms with van der Waals surface area (Å²) in [6, 6.07) is 5.71. The van der Waals surface area contributed by atoms with E-state index in [1.165, 1.54) is 24.8 Å². The van der Waals surface area contributed by atoms with E-state index in [-0.39, 0.29) is 16.8 Å². The van der Waals surface area contributed by atoms with Gasteiger partial charge in [-0.2, -0.15) is 0 Å². The van der Waals surface area contributed by atoms with E-state index in [9.17, 15) is 9.18 Å². The fraction of sp³-hybridized carbons (Fsp3) is 0.696. The van der Waals surface area contributed by atoms with Gasteiger partial charge in [-0.15, -0.1) is 0 Å². The van der Waals surface area contributed by atoms with Crippen molar-refractivity contribution in [2.75, 3.05) is 13.1 Å². The molecule has 4 aliphatic rings. The fourth-order valence-electron chi connectivity index (χ4n) is 6.62. The van der Waals surface area contributed by atoms with Crippen LogP contribution in [0.1, 0.15) is 63.0 Å². The third-order valence-corrected chi connectivity index (χ3v) is 8.26. The number of ketones is 1. The minimum absolute atomic E-state index is 0.00977. The van der Waals surface area contributed by atoms with Gasteiger partial charge in [0.1, 0.15) is 11.6 Å². The quantitative estimate of drug-likeness (QED) is 0.777. The first-order valence-corrected chi connectivity index (χ1v) is 10.7. The predicted octanol–water partition coefficient (Wildman–Crippen LogP) is 4.27. The second-order valence-electron chi connectivity index (χ2n) is 9.49. The van der Waals surface area contributed by atoms with E-state index in [0.29, 0.717) is 24.3 Å². The molecule has 4 heteroatoms. The molecule has 2 heterocycles. The summed E-state index contributed by atoms with van der Waals surface area (Å²) in [4.78, 5) is 15.0. The summed E-state index contributed by atoms with van der Waals surface area (Å²) in [5, 5.41) is 0. The number of carbonyl (C=O) groups is 1. The lowest BCUT2D eigenvalue weighted by Gasteiger charge is -2.46. The van der Waals surface area contributed by atoms with Crippen molar-refractivity contribution in [3.63, 3.8) is 0 Å². The normalized spacial score (nSPS) is 35.2. The maximum absolute atomic E-state index is 13.5. The van der Waals surface area contributed by atoms with E-state index in [0.717, 1.165) is 50.8 Å². The van der Waals surface area contributed by atoms with E-state index in [4.69, 9.17) is 4.74 Å². The first-order chi connectivity index (χ1) is 13.0. The van der Waals surface area contributed by atoms with Crippen molar-refractivity contribution >= 4 is 5.78 Å². The molecule has 1 spiro atoms. The molecule has 146 valence electrons. The third-order valence-electron chi connectivity index (χ3n) is 8.26. The number of fused-ring (bicyclic) bond motifs is 2. The average molecular weight is 371 g/mol. The van der Waals surface area contributed by atoms with Crippen molar-refractivity contribution in [1.29, 1.82) is 0 Å². The Morgan fingerprint density at radius 2 is 2.04 bits per heavy atom. The molecule has 2 saturated carbocycles. The summed E-state index contributed by atoms with van der Waals surface area (Å²) < 4.78 is 19.7. The van der Waals surface area contributed by atoms with Gasteiger partial charge in [-0.25, -0.2) is 4.39 Å². The Balaban J connectivity index is 1.25. The number of likely N-dealkylation sites (tertiary alicyclic amines) is 1. The smallest absolute Gasteiger partial charge is 0.136 e. The number of hydrogen-bond acceptors (Lipinski definition) is 3. The topological polar surface area (TPSA) is 29.5 Å². The van der Waals surface area contributed by atoms with Crippen LogP contribution >= 0.6 is 0 Å². The van der Waals surface area contributed by atoms with Gasteiger partial charge in [-0.1, -0.05) is 12.5 Å². The van der Waals surface area contributed by atoms with Crippen LogP contribution in [0.3, 0.4) is 0 Å². The van der Waals surface area contributed by atoms with Crippen LogP contribution in [-0.2, 0) is 22.6 Å². The molecule has 0 unspecified atom stereocenters. The number of benzene rings is 1. The largest absolute Gasteiger partial charge is 0.370 e. The summed E-state index contributed by atoms with van der Waals surface area (Å²) in [5.74, 6) is 0.873. The van der Waals surface area contributed by atoms with Crippen LogP contribution in [0.5, 0.6) is 0 Å². The number of piperidine rings is 1. The molecule has 1 aromatic carbocycles. The van der Waals surface area contributed by atoms with Gasteiger partial charge in [0.15, 0.2) is 0 Å². The summed E-state index contributed by atoms with van der Waals surface area (Å²) in [6.45, 7) is 4.47. The number of ether oxygens (including phenoxy) is 1. The lowest BCUT2D eigenvalue weighted by Crippen LogP contribution is -2.51. The summed E-state index contributed by atoms with van der Waals surface area (Å²) in [6.07, 6.45) is 8.84. The molecule has 3 fully saturated rings. The highest BCUT2D eigenvalue weighted by molar-refractivity contribution is 5.83. The second kappa shape index (κ2) is 6.38. The highest BCUT2D eigenvalue weighted by Gasteiger charge is 2.54. The number of nitrogens with zero attached hydrogens (tertiary/aromatic N) is 1. The van der Waals surface area contributed by atoms with Crippen LogP contribution in [0.15, 0.2) is 18.2 Å². The Labute approximate surface area is 161 Å². The summed E-state index contributed by atoms with van der Waals surface area (Å²) in [5.41, 5.74) is 2.18. The highest BCUT2D eigenvalue weighted by atomic mass is 19.1. The number of carbonyl (C=O) groups excluding carboxylic acids is 1. The Kier molecular flexibility index (Phi) is 4.21. The lowest BCUT2D eigenvalue weighted by molar-refractivity contribution is -0.128. The molecule has 2 aliphatic carbocycles. The number of rotatable bonds is 2. The molecule has 0 aromatic heterocycles. The van der Waals surface area contributed by atoms with Gasteiger partial charge in [-0.3, -0.25) is 4.79 Å². The van der Waals surface area contributed by atoms with E-state index in [2.05, 4.69) is 4.90 Å². The van der Waals surface area contributed by atoms with Crippen molar-refractivity contribution in [2.24, 2.45) is 11.3 Å². The van der Waals surface area contributed by atoms with Crippen molar-refractivity contribution in [2.45, 2.75) is 76.5 Å². The molecule has 1 aromatic rings. The molecule has 0 N–H and O–H groups in total. The van der Waals surface area contributed by atoms with Crippen molar-refractivity contribution in [3.8, 4) is 0 Å². The SMILES string of the molecule is CC(=O)[C@]12CCC[C@H]1C[C@H](N1CCC3(CC1)Cc1ccc(F)cc1CO3)C2. The van der Waals surface area contributed by atoms with Gasteiger partial charge in [0.05, 0.1) is 12.2 Å². The zero-order chi connectivity index (χ0) is 18.6. The number of halogens is 1. The Bertz CT molecular complexity index is 755. The standard InChI is InChI=1S/C23H30FNO2/c1-16(26)23-6-2-3-19(23)12-21(14-23)25-9-7-22(8-10-25)13-17-4-5-20(24)11-18(17)15-27-22/h4-5,11,19,21H,2-3,6-10,12-15H2,1H3/t19-,21-,23+/m0/s1. The molecular weight excluding hydrogens is 341 g/mol. The monoisotopic (exact) mass is 371 g/mol. The van der Waals surface area contributed by atoms with E-state index >= 15 is 0 Å². The van der Waals surface area contributed by atoms with Gasteiger partial charge < -0.3 is 9.64 Å². The minimum atomic E-state index is -0.172. The Morgan fingerprint density at radius 3 is 2.78 bits per heavy atom. The van der Waals surface area contributed by atoms with Crippen molar-refractivity contribution in [3.05, 3.63) is 35.1 Å². The maximum Gasteiger partial charge on any atom is 0.136 e. The van der Waals surface area contributed by atoms with Crippen LogP contribution < -0.4 is 0 Å². The molecule has 1 saturated heterocycles. The van der Waals surface area contributed by atoms with Gasteiger partial charge in [-0.05, 0) is 74.6 Å². The van der Waals surface area contributed by atoms with Crippen LogP contribution in [0, 0.1) is 17.2 Å². The predicted molar refractivity (Wildman–Crippen MR) is 102 cm³/mol.